The van der Waals surface area contributed by atoms with Gasteiger partial charge in [-0.2, -0.15) is 0 Å². The van der Waals surface area contributed by atoms with Crippen LogP contribution in [0.5, 0.6) is 0 Å². The second-order valence-electron chi connectivity index (χ2n) is 3.28. The van der Waals surface area contributed by atoms with Gasteiger partial charge in [-0.15, -0.1) is 0 Å². The van der Waals surface area contributed by atoms with Crippen molar-refractivity contribution in [3.63, 3.8) is 0 Å². The molecule has 0 amide bonds. The van der Waals surface area contributed by atoms with Gasteiger partial charge >= 0.3 is 0 Å². The molecule has 0 aromatic rings. The molecule has 0 radical (unpaired) electrons. The Balaban J connectivity index is 1.86. The van der Waals surface area contributed by atoms with E-state index in [9.17, 15) is 0 Å². The van der Waals surface area contributed by atoms with Gasteiger partial charge < -0.3 is 14.2 Å². The highest BCUT2D eigenvalue weighted by Crippen LogP contribution is 2.08. The van der Waals surface area contributed by atoms with Gasteiger partial charge in [0.1, 0.15) is 0 Å². The molecule has 1 saturated heterocycles. The van der Waals surface area contributed by atoms with Crippen LogP contribution >= 0.6 is 0 Å². The number of hydrogen-bond acceptors (Lipinski definition) is 3. The smallest absolute Gasteiger partial charge is 0.159 e. The summed E-state index contributed by atoms with van der Waals surface area (Å²) in [5.41, 5.74) is 0. The van der Waals surface area contributed by atoms with Crippen molar-refractivity contribution < 1.29 is 14.2 Å². The fraction of sp³-hybridized carbons (Fsp3) is 1.00. The lowest BCUT2D eigenvalue weighted by Gasteiger charge is -2.22. The van der Waals surface area contributed by atoms with Crippen molar-refractivity contribution in [1.82, 2.24) is 0 Å². The Labute approximate surface area is 80.4 Å². The minimum atomic E-state index is -0.0182. The second kappa shape index (κ2) is 7.30. The van der Waals surface area contributed by atoms with Crippen LogP contribution in [0.1, 0.15) is 32.6 Å². The molecule has 0 aliphatic carbocycles. The third-order valence-corrected chi connectivity index (χ3v) is 2.04. The van der Waals surface area contributed by atoms with Gasteiger partial charge in [-0.3, -0.25) is 0 Å². The summed E-state index contributed by atoms with van der Waals surface area (Å²) in [7, 11) is 0. The quantitative estimate of drug-likeness (QED) is 0.596. The summed E-state index contributed by atoms with van der Waals surface area (Å²) in [6.07, 6.45) is 4.20. The molecule has 0 saturated carbocycles. The molecule has 1 rings (SSSR count). The average Bonchev–Trinajstić information content (AvgIpc) is 2.19. The zero-order valence-corrected chi connectivity index (χ0v) is 8.46. The predicted molar refractivity (Wildman–Crippen MR) is 50.7 cm³/mol. The Kier molecular flexibility index (Phi) is 6.15. The molecule has 13 heavy (non-hydrogen) atoms. The summed E-state index contributed by atoms with van der Waals surface area (Å²) in [6.45, 7) is 5.45. The first-order chi connectivity index (χ1) is 6.43. The Morgan fingerprint density at radius 2 is 2.00 bits per heavy atom. The molecule has 3 nitrogen and oxygen atoms in total. The normalized spacial score (nSPS) is 19.2. The first-order valence-corrected chi connectivity index (χ1v) is 5.24. The van der Waals surface area contributed by atoms with Gasteiger partial charge in [-0.25, -0.2) is 0 Å². The van der Waals surface area contributed by atoms with Gasteiger partial charge in [-0.05, 0) is 12.8 Å². The van der Waals surface area contributed by atoms with Crippen molar-refractivity contribution in [1.29, 1.82) is 0 Å². The molecule has 0 atom stereocenters. The lowest BCUT2D eigenvalue weighted by atomic mass is 10.3. The van der Waals surface area contributed by atoms with Gasteiger partial charge in [0, 0.05) is 13.0 Å². The Bertz CT molecular complexity index is 111. The van der Waals surface area contributed by atoms with Gasteiger partial charge in [0.05, 0.1) is 19.8 Å². The number of unbranched alkanes of at least 4 members (excludes halogenated alkanes) is 1. The van der Waals surface area contributed by atoms with Crippen molar-refractivity contribution in [2.24, 2.45) is 0 Å². The van der Waals surface area contributed by atoms with E-state index in [1.54, 1.807) is 0 Å². The maximum Gasteiger partial charge on any atom is 0.159 e. The Morgan fingerprint density at radius 1 is 1.23 bits per heavy atom. The van der Waals surface area contributed by atoms with Gasteiger partial charge in [0.2, 0.25) is 0 Å². The van der Waals surface area contributed by atoms with Crippen LogP contribution in [0.2, 0.25) is 0 Å². The molecule has 0 spiro atoms. The number of rotatable bonds is 6. The van der Waals surface area contributed by atoms with Crippen LogP contribution in [0.3, 0.4) is 0 Å². The summed E-state index contributed by atoms with van der Waals surface area (Å²) < 4.78 is 16.2. The van der Waals surface area contributed by atoms with Crippen molar-refractivity contribution in [3.8, 4) is 0 Å². The first-order valence-electron chi connectivity index (χ1n) is 5.24. The third-order valence-electron chi connectivity index (χ3n) is 2.04. The van der Waals surface area contributed by atoms with Crippen molar-refractivity contribution in [2.75, 3.05) is 26.4 Å². The van der Waals surface area contributed by atoms with Gasteiger partial charge in [0.25, 0.3) is 0 Å². The maximum atomic E-state index is 5.42. The van der Waals surface area contributed by atoms with Crippen LogP contribution in [0.4, 0.5) is 0 Å². The van der Waals surface area contributed by atoms with Crippen LogP contribution in [-0.2, 0) is 14.2 Å². The van der Waals surface area contributed by atoms with Crippen LogP contribution < -0.4 is 0 Å². The third kappa shape index (κ3) is 5.24. The van der Waals surface area contributed by atoms with Crippen LogP contribution in [-0.4, -0.2) is 32.7 Å². The first kappa shape index (κ1) is 11.0. The predicted octanol–water partition coefficient (Wildman–Crippen LogP) is 1.96. The van der Waals surface area contributed by atoms with Crippen molar-refractivity contribution in [2.45, 2.75) is 38.9 Å². The van der Waals surface area contributed by atoms with E-state index < -0.39 is 0 Å². The van der Waals surface area contributed by atoms with Crippen LogP contribution in [0.25, 0.3) is 0 Å². The molecular formula is C10H20O3. The van der Waals surface area contributed by atoms with E-state index in [1.165, 1.54) is 6.42 Å². The highest BCUT2D eigenvalue weighted by Gasteiger charge is 2.13. The van der Waals surface area contributed by atoms with Gasteiger partial charge in [-0.1, -0.05) is 13.3 Å². The molecule has 78 valence electrons. The second-order valence-corrected chi connectivity index (χ2v) is 3.28. The fourth-order valence-corrected chi connectivity index (χ4v) is 1.23. The molecule has 1 fully saturated rings. The minimum Gasteiger partial charge on any atom is -0.381 e. The zero-order chi connectivity index (χ0) is 9.36. The molecule has 0 bridgehead atoms. The summed E-state index contributed by atoms with van der Waals surface area (Å²) in [4.78, 5) is 0. The van der Waals surface area contributed by atoms with Crippen molar-refractivity contribution >= 4 is 0 Å². The van der Waals surface area contributed by atoms with Gasteiger partial charge in [0.15, 0.2) is 6.29 Å². The van der Waals surface area contributed by atoms with E-state index in [2.05, 4.69) is 6.92 Å². The molecule has 3 heteroatoms. The summed E-state index contributed by atoms with van der Waals surface area (Å²) >= 11 is 0. The van der Waals surface area contributed by atoms with Crippen molar-refractivity contribution in [3.05, 3.63) is 0 Å². The summed E-state index contributed by atoms with van der Waals surface area (Å²) in [5, 5.41) is 0. The molecule has 0 aromatic heterocycles. The average molecular weight is 188 g/mol. The minimum absolute atomic E-state index is 0.0182. The molecule has 1 aliphatic rings. The lowest BCUT2D eigenvalue weighted by Crippen LogP contribution is -2.26. The SMILES string of the molecule is CCCCOCCC1OCCCO1. The molecule has 0 unspecified atom stereocenters. The van der Waals surface area contributed by atoms with Crippen LogP contribution in [0, 0.1) is 0 Å². The highest BCUT2D eigenvalue weighted by molar-refractivity contribution is 4.51. The van der Waals surface area contributed by atoms with E-state index in [0.29, 0.717) is 0 Å². The molecule has 1 heterocycles. The summed E-state index contributed by atoms with van der Waals surface area (Å²) in [5.74, 6) is 0. The Morgan fingerprint density at radius 3 is 2.69 bits per heavy atom. The number of hydrogen-bond donors (Lipinski definition) is 0. The molecule has 0 N–H and O–H groups in total. The monoisotopic (exact) mass is 188 g/mol. The van der Waals surface area contributed by atoms with Crippen LogP contribution in [0.15, 0.2) is 0 Å². The van der Waals surface area contributed by atoms with E-state index >= 15 is 0 Å². The van der Waals surface area contributed by atoms with E-state index in [1.807, 2.05) is 0 Å². The van der Waals surface area contributed by atoms with E-state index in [-0.39, 0.29) is 6.29 Å². The lowest BCUT2D eigenvalue weighted by molar-refractivity contribution is -0.186. The van der Waals surface area contributed by atoms with E-state index in [4.69, 9.17) is 14.2 Å². The molecule has 1 aliphatic heterocycles. The number of ether oxygens (including phenoxy) is 3. The fourth-order valence-electron chi connectivity index (χ4n) is 1.23. The highest BCUT2D eigenvalue weighted by atomic mass is 16.7. The molecular weight excluding hydrogens is 168 g/mol. The zero-order valence-electron chi connectivity index (χ0n) is 8.46. The summed E-state index contributed by atoms with van der Waals surface area (Å²) in [6, 6.07) is 0. The van der Waals surface area contributed by atoms with E-state index in [0.717, 1.165) is 45.7 Å². The largest absolute Gasteiger partial charge is 0.381 e. The Hall–Kier alpha value is -0.120. The molecule has 0 aromatic carbocycles. The maximum absolute atomic E-state index is 5.42. The standard InChI is InChI=1S/C10H20O3/c1-2-3-6-11-9-5-10-12-7-4-8-13-10/h10H,2-9H2,1H3. The topological polar surface area (TPSA) is 27.7 Å².